The van der Waals surface area contributed by atoms with Crippen LogP contribution in [0, 0.1) is 5.92 Å². The fourth-order valence-corrected chi connectivity index (χ4v) is 2.50. The van der Waals surface area contributed by atoms with Crippen LogP contribution in [0.1, 0.15) is 40.0 Å². The first-order valence-electron chi connectivity index (χ1n) is 7.22. The Morgan fingerprint density at radius 1 is 1.44 bits per heavy atom. The zero-order chi connectivity index (χ0) is 13.7. The van der Waals surface area contributed by atoms with Crippen LogP contribution < -0.4 is 5.73 Å². The number of rotatable bonds is 5. The van der Waals surface area contributed by atoms with Gasteiger partial charge in [-0.15, -0.1) is 0 Å². The van der Waals surface area contributed by atoms with Crippen molar-refractivity contribution in [3.05, 3.63) is 0 Å². The number of likely N-dealkylation sites (N-methyl/N-ethyl adjacent to an activating group) is 2. The van der Waals surface area contributed by atoms with E-state index in [1.54, 1.807) is 0 Å². The van der Waals surface area contributed by atoms with Crippen LogP contribution in [0.5, 0.6) is 0 Å². The van der Waals surface area contributed by atoms with Crippen LogP contribution in [-0.2, 0) is 4.79 Å². The topological polar surface area (TPSA) is 49.6 Å². The number of nitrogens with two attached hydrogens (primary N) is 1. The quantitative estimate of drug-likeness (QED) is 0.805. The molecule has 0 radical (unpaired) electrons. The monoisotopic (exact) mass is 255 g/mol. The second kappa shape index (κ2) is 7.10. The van der Waals surface area contributed by atoms with Gasteiger partial charge in [-0.3, -0.25) is 4.79 Å². The van der Waals surface area contributed by atoms with E-state index in [-0.39, 0.29) is 17.9 Å². The average Bonchev–Trinajstić information content (AvgIpc) is 2.36. The van der Waals surface area contributed by atoms with Crippen LogP contribution in [0.3, 0.4) is 0 Å². The Labute approximate surface area is 111 Å². The van der Waals surface area contributed by atoms with Crippen LogP contribution >= 0.6 is 0 Å². The Hall–Kier alpha value is -0.610. The van der Waals surface area contributed by atoms with E-state index in [1.165, 1.54) is 19.3 Å². The van der Waals surface area contributed by atoms with Crippen molar-refractivity contribution in [1.29, 1.82) is 0 Å². The normalized spacial score (nSPS) is 23.1. The van der Waals surface area contributed by atoms with Gasteiger partial charge < -0.3 is 15.5 Å². The van der Waals surface area contributed by atoms with Crippen LogP contribution in [0.2, 0.25) is 0 Å². The first-order chi connectivity index (χ1) is 8.47. The van der Waals surface area contributed by atoms with Crippen molar-refractivity contribution >= 4 is 5.91 Å². The van der Waals surface area contributed by atoms with Gasteiger partial charge in [0, 0.05) is 19.1 Å². The standard InChI is InChI=1S/C14H29N3O/c1-5-17(14(18)13(15)11(2)3)10-12-8-6-7-9-16(12)4/h11-13H,5-10,15H2,1-4H3/t12-,13?/m0/s1. The molecular formula is C14H29N3O. The number of hydrogen-bond donors (Lipinski definition) is 1. The van der Waals surface area contributed by atoms with Crippen molar-refractivity contribution in [2.24, 2.45) is 11.7 Å². The first kappa shape index (κ1) is 15.4. The van der Waals surface area contributed by atoms with Gasteiger partial charge in [-0.05, 0) is 39.3 Å². The van der Waals surface area contributed by atoms with Crippen molar-refractivity contribution in [2.45, 2.75) is 52.1 Å². The average molecular weight is 255 g/mol. The highest BCUT2D eigenvalue weighted by atomic mass is 16.2. The zero-order valence-corrected chi connectivity index (χ0v) is 12.4. The lowest BCUT2D eigenvalue weighted by Gasteiger charge is -2.37. The maximum absolute atomic E-state index is 12.3. The minimum Gasteiger partial charge on any atom is -0.340 e. The molecule has 4 heteroatoms. The van der Waals surface area contributed by atoms with Gasteiger partial charge in [-0.2, -0.15) is 0 Å². The van der Waals surface area contributed by atoms with E-state index in [9.17, 15) is 4.79 Å². The van der Waals surface area contributed by atoms with Crippen LogP contribution in [-0.4, -0.2) is 54.5 Å². The molecule has 1 unspecified atom stereocenters. The minimum absolute atomic E-state index is 0.103. The molecule has 18 heavy (non-hydrogen) atoms. The number of nitrogens with zero attached hydrogens (tertiary/aromatic N) is 2. The summed E-state index contributed by atoms with van der Waals surface area (Å²) in [6, 6.07) is 0.140. The third kappa shape index (κ3) is 3.95. The summed E-state index contributed by atoms with van der Waals surface area (Å²) in [7, 11) is 2.16. The molecule has 0 saturated carbocycles. The molecule has 0 aliphatic carbocycles. The van der Waals surface area contributed by atoms with E-state index < -0.39 is 0 Å². The fraction of sp³-hybridized carbons (Fsp3) is 0.929. The molecule has 0 aromatic carbocycles. The summed E-state index contributed by atoms with van der Waals surface area (Å²) in [4.78, 5) is 16.6. The molecule has 0 aromatic rings. The van der Waals surface area contributed by atoms with E-state index in [1.807, 2.05) is 25.7 Å². The van der Waals surface area contributed by atoms with Gasteiger partial charge in [0.05, 0.1) is 6.04 Å². The summed E-state index contributed by atoms with van der Waals surface area (Å²) in [5.41, 5.74) is 5.97. The molecular weight excluding hydrogens is 226 g/mol. The number of likely N-dealkylation sites (tertiary alicyclic amines) is 1. The maximum Gasteiger partial charge on any atom is 0.239 e. The number of amides is 1. The van der Waals surface area contributed by atoms with E-state index in [0.29, 0.717) is 6.04 Å². The molecule has 1 saturated heterocycles. The van der Waals surface area contributed by atoms with Gasteiger partial charge in [-0.1, -0.05) is 20.3 Å². The van der Waals surface area contributed by atoms with Crippen molar-refractivity contribution in [1.82, 2.24) is 9.80 Å². The predicted molar refractivity (Wildman–Crippen MR) is 75.3 cm³/mol. The number of piperidine rings is 1. The van der Waals surface area contributed by atoms with Gasteiger partial charge in [-0.25, -0.2) is 0 Å². The van der Waals surface area contributed by atoms with E-state index >= 15 is 0 Å². The van der Waals surface area contributed by atoms with E-state index in [0.717, 1.165) is 19.6 Å². The van der Waals surface area contributed by atoms with Gasteiger partial charge in [0.2, 0.25) is 5.91 Å². The Morgan fingerprint density at radius 2 is 2.11 bits per heavy atom. The molecule has 4 nitrogen and oxygen atoms in total. The highest BCUT2D eigenvalue weighted by molar-refractivity contribution is 5.81. The lowest BCUT2D eigenvalue weighted by Crippen LogP contribution is -2.52. The molecule has 0 aromatic heterocycles. The molecule has 106 valence electrons. The lowest BCUT2D eigenvalue weighted by molar-refractivity contribution is -0.134. The molecule has 2 N–H and O–H groups in total. The number of carbonyl (C=O) groups excluding carboxylic acids is 1. The highest BCUT2D eigenvalue weighted by Gasteiger charge is 2.27. The van der Waals surface area contributed by atoms with Gasteiger partial charge >= 0.3 is 0 Å². The molecule has 1 aliphatic heterocycles. The molecule has 0 bridgehead atoms. The van der Waals surface area contributed by atoms with Crippen molar-refractivity contribution < 1.29 is 4.79 Å². The Balaban J connectivity index is 2.57. The smallest absolute Gasteiger partial charge is 0.239 e. The molecule has 0 spiro atoms. The summed E-state index contributed by atoms with van der Waals surface area (Å²) < 4.78 is 0. The van der Waals surface area contributed by atoms with Crippen molar-refractivity contribution in [3.8, 4) is 0 Å². The predicted octanol–water partition coefficient (Wildman–Crippen LogP) is 1.30. The summed E-state index contributed by atoms with van der Waals surface area (Å²) in [5, 5.41) is 0. The van der Waals surface area contributed by atoms with Gasteiger partial charge in [0.15, 0.2) is 0 Å². The minimum atomic E-state index is -0.362. The van der Waals surface area contributed by atoms with Crippen LogP contribution in [0.15, 0.2) is 0 Å². The summed E-state index contributed by atoms with van der Waals surface area (Å²) >= 11 is 0. The maximum atomic E-state index is 12.3. The molecule has 1 amide bonds. The van der Waals surface area contributed by atoms with E-state index in [2.05, 4.69) is 11.9 Å². The molecule has 1 heterocycles. The second-order valence-electron chi connectivity index (χ2n) is 5.78. The number of hydrogen-bond acceptors (Lipinski definition) is 3. The Morgan fingerprint density at radius 3 is 2.61 bits per heavy atom. The second-order valence-corrected chi connectivity index (χ2v) is 5.78. The Bertz CT molecular complexity index is 268. The third-order valence-electron chi connectivity index (χ3n) is 4.05. The summed E-state index contributed by atoms with van der Waals surface area (Å²) in [5.74, 6) is 0.308. The Kier molecular flexibility index (Phi) is 6.09. The lowest BCUT2D eigenvalue weighted by atomic mass is 10.0. The van der Waals surface area contributed by atoms with Crippen molar-refractivity contribution in [2.75, 3.05) is 26.7 Å². The summed E-state index contributed by atoms with van der Waals surface area (Å²) in [6.45, 7) is 8.77. The number of carbonyl (C=O) groups is 1. The van der Waals surface area contributed by atoms with Crippen LogP contribution in [0.4, 0.5) is 0 Å². The summed E-state index contributed by atoms with van der Waals surface area (Å²) in [6.07, 6.45) is 3.74. The van der Waals surface area contributed by atoms with Gasteiger partial charge in [0.1, 0.15) is 0 Å². The third-order valence-corrected chi connectivity index (χ3v) is 4.05. The van der Waals surface area contributed by atoms with Crippen LogP contribution in [0.25, 0.3) is 0 Å². The molecule has 1 fully saturated rings. The van der Waals surface area contributed by atoms with Gasteiger partial charge in [0.25, 0.3) is 0 Å². The molecule has 1 aliphatic rings. The highest BCUT2D eigenvalue weighted by Crippen LogP contribution is 2.16. The largest absolute Gasteiger partial charge is 0.340 e. The van der Waals surface area contributed by atoms with E-state index in [4.69, 9.17) is 5.73 Å². The zero-order valence-electron chi connectivity index (χ0n) is 12.4. The SMILES string of the molecule is CCN(C[C@@H]1CCCCN1C)C(=O)C(N)C(C)C. The molecule has 2 atom stereocenters. The first-order valence-corrected chi connectivity index (χ1v) is 7.22. The molecule has 1 rings (SSSR count). The van der Waals surface area contributed by atoms with Crippen molar-refractivity contribution in [3.63, 3.8) is 0 Å². The fourth-order valence-electron chi connectivity index (χ4n) is 2.50.